The molecule has 0 unspecified atom stereocenters. The Balaban J connectivity index is 1.95. The van der Waals surface area contributed by atoms with E-state index in [1.807, 2.05) is 12.1 Å². The number of hydrogen-bond acceptors (Lipinski definition) is 4. The molecule has 7 heteroatoms. The Bertz CT molecular complexity index is 754. The maximum atomic E-state index is 12.2. The number of halogens is 1. The van der Waals surface area contributed by atoms with Crippen LogP contribution >= 0.6 is 11.6 Å². The van der Waals surface area contributed by atoms with Crippen LogP contribution in [0, 0.1) is 0 Å². The summed E-state index contributed by atoms with van der Waals surface area (Å²) in [4.78, 5) is 19.9. The van der Waals surface area contributed by atoms with Gasteiger partial charge in [0.1, 0.15) is 0 Å². The van der Waals surface area contributed by atoms with E-state index in [4.69, 9.17) is 11.6 Å². The van der Waals surface area contributed by atoms with Crippen molar-refractivity contribution in [3.05, 3.63) is 53.7 Å². The second-order valence-corrected chi connectivity index (χ2v) is 4.10. The number of anilines is 1. The fourth-order valence-electron chi connectivity index (χ4n) is 1.69. The van der Waals surface area contributed by atoms with Crippen LogP contribution in [0.25, 0.3) is 5.52 Å². The van der Waals surface area contributed by atoms with E-state index in [9.17, 15) is 4.79 Å². The van der Waals surface area contributed by atoms with Gasteiger partial charge in [0.05, 0.1) is 17.3 Å². The van der Waals surface area contributed by atoms with Crippen molar-refractivity contribution in [1.29, 1.82) is 0 Å². The Morgan fingerprint density at radius 3 is 2.95 bits per heavy atom. The van der Waals surface area contributed by atoms with Gasteiger partial charge in [-0.2, -0.15) is 5.10 Å². The molecule has 0 atom stereocenters. The van der Waals surface area contributed by atoms with Gasteiger partial charge in [0.15, 0.2) is 11.0 Å². The highest BCUT2D eigenvalue weighted by molar-refractivity contribution is 6.32. The van der Waals surface area contributed by atoms with Crippen LogP contribution in [0.2, 0.25) is 5.15 Å². The van der Waals surface area contributed by atoms with Crippen molar-refractivity contribution in [3.8, 4) is 0 Å². The number of hydrogen-bond donors (Lipinski definition) is 1. The molecule has 0 aromatic carbocycles. The molecule has 3 aromatic rings. The Labute approximate surface area is 113 Å². The summed E-state index contributed by atoms with van der Waals surface area (Å²) in [5.74, 6) is -0.104. The van der Waals surface area contributed by atoms with Gasteiger partial charge in [0.2, 0.25) is 0 Å². The highest BCUT2D eigenvalue weighted by atomic mass is 35.5. The van der Waals surface area contributed by atoms with Crippen molar-refractivity contribution in [2.75, 3.05) is 5.32 Å². The van der Waals surface area contributed by atoms with Crippen LogP contribution in [-0.2, 0) is 0 Å². The molecule has 0 fully saturated rings. The Morgan fingerprint density at radius 2 is 2.11 bits per heavy atom. The molecule has 0 bridgehead atoms. The molecular weight excluding hydrogens is 266 g/mol. The molecule has 0 radical (unpaired) electrons. The lowest BCUT2D eigenvalue weighted by Crippen LogP contribution is -2.13. The molecule has 19 heavy (non-hydrogen) atoms. The molecule has 0 aliphatic rings. The molecule has 0 spiro atoms. The van der Waals surface area contributed by atoms with E-state index in [0.717, 1.165) is 0 Å². The number of rotatable bonds is 2. The van der Waals surface area contributed by atoms with E-state index in [1.165, 1.54) is 18.6 Å². The lowest BCUT2D eigenvalue weighted by molar-refractivity contribution is 0.102. The standard InChI is InChI=1S/C12H8ClN5O/c13-10-11(15-5-4-14-10)17-12(19)8-7-16-18-6-2-1-3-9(8)18/h1-7H,(H,15,17,19). The zero-order valence-electron chi connectivity index (χ0n) is 9.62. The molecule has 0 saturated carbocycles. The molecule has 0 saturated heterocycles. The molecule has 0 aliphatic carbocycles. The van der Waals surface area contributed by atoms with Crippen molar-refractivity contribution in [1.82, 2.24) is 19.6 Å². The molecule has 1 amide bonds. The minimum absolute atomic E-state index is 0.146. The van der Waals surface area contributed by atoms with Gasteiger partial charge >= 0.3 is 0 Å². The maximum absolute atomic E-state index is 12.2. The predicted molar refractivity (Wildman–Crippen MR) is 70.2 cm³/mol. The monoisotopic (exact) mass is 273 g/mol. The highest BCUT2D eigenvalue weighted by Gasteiger charge is 2.14. The topological polar surface area (TPSA) is 72.2 Å². The van der Waals surface area contributed by atoms with Gasteiger partial charge < -0.3 is 5.32 Å². The van der Waals surface area contributed by atoms with Gasteiger partial charge in [-0.15, -0.1) is 0 Å². The second-order valence-electron chi connectivity index (χ2n) is 3.74. The highest BCUT2D eigenvalue weighted by Crippen LogP contribution is 2.17. The van der Waals surface area contributed by atoms with Gasteiger partial charge in [-0.05, 0) is 12.1 Å². The summed E-state index contributed by atoms with van der Waals surface area (Å²) < 4.78 is 1.62. The second kappa shape index (κ2) is 4.66. The van der Waals surface area contributed by atoms with Crippen molar-refractivity contribution in [2.45, 2.75) is 0 Å². The molecule has 6 nitrogen and oxygen atoms in total. The minimum Gasteiger partial charge on any atom is -0.304 e. The number of pyridine rings is 1. The number of nitrogens with zero attached hydrogens (tertiary/aromatic N) is 4. The van der Waals surface area contributed by atoms with E-state index in [-0.39, 0.29) is 16.9 Å². The molecular formula is C12H8ClN5O. The molecule has 0 aliphatic heterocycles. The number of carbonyl (C=O) groups excluding carboxylic acids is 1. The Morgan fingerprint density at radius 1 is 1.26 bits per heavy atom. The molecule has 3 aromatic heterocycles. The zero-order valence-corrected chi connectivity index (χ0v) is 10.4. The van der Waals surface area contributed by atoms with Crippen molar-refractivity contribution >= 4 is 28.8 Å². The number of carbonyl (C=O) groups is 1. The average Bonchev–Trinajstić information content (AvgIpc) is 2.85. The first-order valence-corrected chi connectivity index (χ1v) is 5.84. The van der Waals surface area contributed by atoms with E-state index >= 15 is 0 Å². The fraction of sp³-hybridized carbons (Fsp3) is 0. The van der Waals surface area contributed by atoms with Gasteiger partial charge in [0.25, 0.3) is 5.91 Å². The summed E-state index contributed by atoms with van der Waals surface area (Å²) in [6.45, 7) is 0. The first-order chi connectivity index (χ1) is 9.25. The van der Waals surface area contributed by atoms with Gasteiger partial charge in [0, 0.05) is 18.6 Å². The van der Waals surface area contributed by atoms with Crippen molar-refractivity contribution < 1.29 is 4.79 Å². The summed E-state index contributed by atoms with van der Waals surface area (Å²) in [5, 5.41) is 6.84. The van der Waals surface area contributed by atoms with Gasteiger partial charge in [-0.3, -0.25) is 4.79 Å². The summed E-state index contributed by atoms with van der Waals surface area (Å²) in [7, 11) is 0. The van der Waals surface area contributed by atoms with Crippen LogP contribution in [0.15, 0.2) is 43.0 Å². The van der Waals surface area contributed by atoms with Crippen LogP contribution in [0.4, 0.5) is 5.82 Å². The fourth-order valence-corrected chi connectivity index (χ4v) is 1.84. The van der Waals surface area contributed by atoms with E-state index in [0.29, 0.717) is 11.1 Å². The maximum Gasteiger partial charge on any atom is 0.260 e. The number of aromatic nitrogens is 4. The van der Waals surface area contributed by atoms with Crippen molar-refractivity contribution in [3.63, 3.8) is 0 Å². The number of amides is 1. The summed E-state index contributed by atoms with van der Waals surface area (Å²) >= 11 is 5.84. The van der Waals surface area contributed by atoms with Crippen LogP contribution in [0.1, 0.15) is 10.4 Å². The van der Waals surface area contributed by atoms with Crippen LogP contribution in [0.3, 0.4) is 0 Å². The predicted octanol–water partition coefficient (Wildman–Crippen LogP) is 2.03. The quantitative estimate of drug-likeness (QED) is 0.775. The molecule has 1 N–H and O–H groups in total. The molecule has 3 heterocycles. The minimum atomic E-state index is -0.330. The molecule has 94 valence electrons. The largest absolute Gasteiger partial charge is 0.304 e. The summed E-state index contributed by atoms with van der Waals surface area (Å²) in [6.07, 6.45) is 6.17. The van der Waals surface area contributed by atoms with Crippen LogP contribution in [-0.4, -0.2) is 25.5 Å². The smallest absolute Gasteiger partial charge is 0.260 e. The van der Waals surface area contributed by atoms with Crippen molar-refractivity contribution in [2.24, 2.45) is 0 Å². The third-order valence-electron chi connectivity index (χ3n) is 2.56. The first kappa shape index (κ1) is 11.6. The zero-order chi connectivity index (χ0) is 13.2. The SMILES string of the molecule is O=C(Nc1nccnc1Cl)c1cnn2ccccc12. The third-order valence-corrected chi connectivity index (χ3v) is 2.83. The van der Waals surface area contributed by atoms with Crippen LogP contribution < -0.4 is 5.32 Å². The normalized spacial score (nSPS) is 10.6. The number of fused-ring (bicyclic) bond motifs is 1. The third kappa shape index (κ3) is 2.13. The van der Waals surface area contributed by atoms with Crippen LogP contribution in [0.5, 0.6) is 0 Å². The average molecular weight is 274 g/mol. The lowest BCUT2D eigenvalue weighted by Gasteiger charge is -2.03. The Kier molecular flexibility index (Phi) is 2.85. The summed E-state index contributed by atoms with van der Waals surface area (Å²) in [5.41, 5.74) is 1.15. The van der Waals surface area contributed by atoms with Gasteiger partial charge in [-0.25, -0.2) is 14.5 Å². The number of nitrogens with one attached hydrogen (secondary N) is 1. The Hall–Kier alpha value is -2.47. The van der Waals surface area contributed by atoms with E-state index < -0.39 is 0 Å². The molecule has 3 rings (SSSR count). The first-order valence-electron chi connectivity index (χ1n) is 5.46. The van der Waals surface area contributed by atoms with Gasteiger partial charge in [-0.1, -0.05) is 17.7 Å². The van der Waals surface area contributed by atoms with E-state index in [1.54, 1.807) is 16.8 Å². The summed E-state index contributed by atoms with van der Waals surface area (Å²) in [6, 6.07) is 5.48. The lowest BCUT2D eigenvalue weighted by atomic mass is 10.2. The van der Waals surface area contributed by atoms with E-state index in [2.05, 4.69) is 20.4 Å².